The highest BCUT2D eigenvalue weighted by Crippen LogP contribution is 1.96. The lowest BCUT2D eigenvalue weighted by Gasteiger charge is -2.03. The molecule has 0 spiro atoms. The minimum Gasteiger partial charge on any atom is -0.312 e. The maximum Gasteiger partial charge on any atom is 0.294 e. The Labute approximate surface area is 69.8 Å². The molecule has 5 heteroatoms. The molecule has 0 aliphatic heterocycles. The number of nitrogens with one attached hydrogen (secondary N) is 1. The number of rotatable bonds is 1. The minimum atomic E-state index is -0.167. The molecule has 4 nitrogen and oxygen atoms in total. The molecule has 0 fully saturated rings. The third kappa shape index (κ3) is 1.37. The summed E-state index contributed by atoms with van der Waals surface area (Å²) in [6.07, 6.45) is 1.61. The van der Waals surface area contributed by atoms with Gasteiger partial charge in [-0.1, -0.05) is 12.8 Å². The first-order valence-electron chi connectivity index (χ1n) is 3.09. The molecule has 0 radical (unpaired) electrons. The van der Waals surface area contributed by atoms with Gasteiger partial charge in [0.25, 0.3) is 5.56 Å². The highest BCUT2D eigenvalue weighted by molar-refractivity contribution is 7.81. The van der Waals surface area contributed by atoms with Gasteiger partial charge in [-0.05, 0) is 6.92 Å². The van der Waals surface area contributed by atoms with Gasteiger partial charge in [0.1, 0.15) is 0 Å². The van der Waals surface area contributed by atoms with Crippen LogP contribution < -0.4 is 10.3 Å². The SMILES string of the molecule is Cc1cnc(NS)c(=O)n1C. The maximum atomic E-state index is 11.2. The summed E-state index contributed by atoms with van der Waals surface area (Å²) in [6, 6.07) is 0. The van der Waals surface area contributed by atoms with Crippen molar-refractivity contribution in [1.29, 1.82) is 0 Å². The zero-order valence-corrected chi connectivity index (χ0v) is 7.22. The van der Waals surface area contributed by atoms with Crippen molar-refractivity contribution in [3.05, 3.63) is 22.2 Å². The Bertz CT molecular complexity index is 320. The summed E-state index contributed by atoms with van der Waals surface area (Å²) in [6.45, 7) is 1.82. The van der Waals surface area contributed by atoms with Crippen LogP contribution in [0.15, 0.2) is 11.0 Å². The molecular weight excluding hydrogens is 162 g/mol. The molecule has 1 aromatic heterocycles. The van der Waals surface area contributed by atoms with Crippen LogP contribution >= 0.6 is 12.8 Å². The maximum absolute atomic E-state index is 11.2. The summed E-state index contributed by atoms with van der Waals surface area (Å²) in [5.41, 5.74) is 0.655. The second-order valence-corrected chi connectivity index (χ2v) is 2.45. The number of nitrogens with zero attached hydrogens (tertiary/aromatic N) is 2. The van der Waals surface area contributed by atoms with E-state index in [1.54, 1.807) is 13.2 Å². The average Bonchev–Trinajstić information content (AvgIpc) is 2.01. The monoisotopic (exact) mass is 171 g/mol. The van der Waals surface area contributed by atoms with Crippen LogP contribution in [0.4, 0.5) is 5.82 Å². The molecule has 0 aromatic carbocycles. The predicted molar refractivity (Wildman–Crippen MR) is 46.8 cm³/mol. The van der Waals surface area contributed by atoms with E-state index in [0.717, 1.165) is 5.69 Å². The highest BCUT2D eigenvalue weighted by atomic mass is 32.1. The lowest BCUT2D eigenvalue weighted by atomic mass is 10.5. The standard InChI is InChI=1S/C6H9N3OS/c1-4-3-7-5(8-11)6(10)9(4)2/h3,11H,1-2H3,(H,7,8). The molecule has 1 rings (SSSR count). The highest BCUT2D eigenvalue weighted by Gasteiger charge is 2.01. The zero-order valence-electron chi connectivity index (χ0n) is 6.33. The number of hydrogen-bond acceptors (Lipinski definition) is 4. The number of hydrogen-bond donors (Lipinski definition) is 2. The van der Waals surface area contributed by atoms with Crippen molar-refractivity contribution in [3.63, 3.8) is 0 Å². The fourth-order valence-electron chi connectivity index (χ4n) is 0.696. The van der Waals surface area contributed by atoms with E-state index in [4.69, 9.17) is 0 Å². The first-order valence-corrected chi connectivity index (χ1v) is 3.54. The van der Waals surface area contributed by atoms with E-state index < -0.39 is 0 Å². The van der Waals surface area contributed by atoms with E-state index in [0.29, 0.717) is 0 Å². The van der Waals surface area contributed by atoms with Crippen LogP contribution in [0.2, 0.25) is 0 Å². The first kappa shape index (κ1) is 8.13. The third-order valence-corrected chi connectivity index (χ3v) is 1.73. The summed E-state index contributed by atoms with van der Waals surface area (Å²) in [7, 11) is 1.69. The van der Waals surface area contributed by atoms with E-state index in [9.17, 15) is 4.79 Å². The molecule has 60 valence electrons. The molecule has 0 aliphatic carbocycles. The molecular formula is C6H9N3OS. The summed E-state index contributed by atoms with van der Waals surface area (Å²) in [5, 5.41) is 0. The molecule has 0 saturated heterocycles. The number of aromatic nitrogens is 2. The molecule has 1 heterocycles. The Balaban J connectivity index is 3.37. The largest absolute Gasteiger partial charge is 0.312 e. The first-order chi connectivity index (χ1) is 5.16. The zero-order chi connectivity index (χ0) is 8.43. The number of thiol groups is 1. The van der Waals surface area contributed by atoms with Crippen molar-refractivity contribution in [2.75, 3.05) is 4.72 Å². The third-order valence-electron chi connectivity index (χ3n) is 1.52. The minimum absolute atomic E-state index is 0.167. The molecule has 0 aliphatic rings. The van der Waals surface area contributed by atoms with E-state index in [2.05, 4.69) is 22.5 Å². The van der Waals surface area contributed by atoms with Crippen molar-refractivity contribution >= 4 is 18.6 Å². The van der Waals surface area contributed by atoms with Crippen LogP contribution in [0.25, 0.3) is 0 Å². The van der Waals surface area contributed by atoms with Gasteiger partial charge in [0.15, 0.2) is 0 Å². The van der Waals surface area contributed by atoms with Crippen molar-refractivity contribution < 1.29 is 0 Å². The van der Waals surface area contributed by atoms with Crippen LogP contribution in [0.5, 0.6) is 0 Å². The second-order valence-electron chi connectivity index (χ2n) is 2.22. The van der Waals surface area contributed by atoms with Gasteiger partial charge in [-0.2, -0.15) is 0 Å². The molecule has 0 saturated carbocycles. The van der Waals surface area contributed by atoms with Gasteiger partial charge in [-0.3, -0.25) is 4.79 Å². The molecule has 0 atom stereocenters. The molecule has 0 bridgehead atoms. The topological polar surface area (TPSA) is 46.9 Å². The normalized spacial score (nSPS) is 9.73. The van der Waals surface area contributed by atoms with Crippen molar-refractivity contribution in [2.24, 2.45) is 7.05 Å². The molecule has 1 aromatic rings. The Morgan fingerprint density at radius 1 is 1.73 bits per heavy atom. The van der Waals surface area contributed by atoms with Crippen molar-refractivity contribution in [2.45, 2.75) is 6.92 Å². The number of aryl methyl sites for hydroxylation is 1. The van der Waals surface area contributed by atoms with Gasteiger partial charge in [-0.25, -0.2) is 4.98 Å². The van der Waals surface area contributed by atoms with Gasteiger partial charge < -0.3 is 9.29 Å². The Kier molecular flexibility index (Phi) is 2.19. The van der Waals surface area contributed by atoms with Gasteiger partial charge in [0.05, 0.1) is 0 Å². The van der Waals surface area contributed by atoms with Gasteiger partial charge >= 0.3 is 0 Å². The van der Waals surface area contributed by atoms with Crippen LogP contribution in [-0.4, -0.2) is 9.55 Å². The van der Waals surface area contributed by atoms with Gasteiger partial charge in [0.2, 0.25) is 5.82 Å². The summed E-state index contributed by atoms with van der Waals surface area (Å²) >= 11 is 3.74. The molecule has 0 amide bonds. The quantitative estimate of drug-likeness (QED) is 0.599. The summed E-state index contributed by atoms with van der Waals surface area (Å²) in [4.78, 5) is 15.0. The van der Waals surface area contributed by atoms with Crippen LogP contribution in [0.3, 0.4) is 0 Å². The van der Waals surface area contributed by atoms with E-state index in [-0.39, 0.29) is 11.4 Å². The molecule has 1 N–H and O–H groups in total. The summed E-state index contributed by atoms with van der Waals surface area (Å²) in [5.74, 6) is 0.251. The van der Waals surface area contributed by atoms with Crippen molar-refractivity contribution in [1.82, 2.24) is 9.55 Å². The molecule has 11 heavy (non-hydrogen) atoms. The van der Waals surface area contributed by atoms with Gasteiger partial charge in [-0.15, -0.1) is 0 Å². The van der Waals surface area contributed by atoms with Crippen molar-refractivity contribution in [3.8, 4) is 0 Å². The lowest BCUT2D eigenvalue weighted by Crippen LogP contribution is -2.21. The van der Waals surface area contributed by atoms with E-state index in [1.165, 1.54) is 4.57 Å². The number of anilines is 1. The molecule has 0 unspecified atom stereocenters. The lowest BCUT2D eigenvalue weighted by molar-refractivity contribution is 0.805. The Morgan fingerprint density at radius 3 is 2.91 bits per heavy atom. The Morgan fingerprint density at radius 2 is 2.36 bits per heavy atom. The fraction of sp³-hybridized carbons (Fsp3) is 0.333. The summed E-state index contributed by atoms with van der Waals surface area (Å²) < 4.78 is 3.92. The van der Waals surface area contributed by atoms with E-state index >= 15 is 0 Å². The van der Waals surface area contributed by atoms with E-state index in [1.807, 2.05) is 6.92 Å². The predicted octanol–water partition coefficient (Wildman–Crippen LogP) is 0.345. The smallest absolute Gasteiger partial charge is 0.294 e. The van der Waals surface area contributed by atoms with Crippen LogP contribution in [-0.2, 0) is 7.05 Å². The van der Waals surface area contributed by atoms with Gasteiger partial charge in [0, 0.05) is 18.9 Å². The van der Waals surface area contributed by atoms with Crippen LogP contribution in [0.1, 0.15) is 5.69 Å². The van der Waals surface area contributed by atoms with Crippen LogP contribution in [0, 0.1) is 6.92 Å². The fourth-order valence-corrected chi connectivity index (χ4v) is 0.849. The second kappa shape index (κ2) is 2.96. The Hall–Kier alpha value is -0.970. The average molecular weight is 171 g/mol.